The van der Waals surface area contributed by atoms with Crippen molar-refractivity contribution in [2.45, 2.75) is 84.3 Å². The first kappa shape index (κ1) is 15.0. The summed E-state index contributed by atoms with van der Waals surface area (Å²) >= 11 is 0. The molecule has 0 aromatic heterocycles. The van der Waals surface area contributed by atoms with E-state index >= 15 is 0 Å². The fraction of sp³-hybridized carbons (Fsp3) is 1.00. The Bertz CT molecular complexity index is 227. The molecule has 0 spiro atoms. The smallest absolute Gasteiger partial charge is 0.0332 e. The van der Waals surface area contributed by atoms with Crippen molar-refractivity contribution in [1.29, 1.82) is 0 Å². The topological polar surface area (TPSA) is 15.3 Å². The number of piperazine rings is 1. The van der Waals surface area contributed by atoms with Crippen molar-refractivity contribution in [2.24, 2.45) is 0 Å². The van der Waals surface area contributed by atoms with Crippen LogP contribution in [0.1, 0.15) is 67.2 Å². The maximum Gasteiger partial charge on any atom is 0.0332 e. The molecule has 0 aromatic carbocycles. The summed E-state index contributed by atoms with van der Waals surface area (Å²) in [4.78, 5) is 2.81. The Balaban J connectivity index is 2.96. The normalized spacial score (nSPS) is 24.2. The van der Waals surface area contributed by atoms with Crippen LogP contribution in [0.15, 0.2) is 0 Å². The van der Waals surface area contributed by atoms with Gasteiger partial charge < -0.3 is 5.32 Å². The summed E-state index contributed by atoms with van der Waals surface area (Å²) in [6.45, 7) is 16.3. The molecule has 0 saturated carbocycles. The highest BCUT2D eigenvalue weighted by Gasteiger charge is 2.43. The van der Waals surface area contributed by atoms with Crippen LogP contribution < -0.4 is 5.32 Å². The average Bonchev–Trinajstić information content (AvgIpc) is 2.31. The van der Waals surface area contributed by atoms with E-state index in [0.717, 1.165) is 12.6 Å². The van der Waals surface area contributed by atoms with Gasteiger partial charge in [-0.25, -0.2) is 0 Å². The van der Waals surface area contributed by atoms with E-state index in [2.05, 4.69) is 51.8 Å². The molecule has 2 heteroatoms. The summed E-state index contributed by atoms with van der Waals surface area (Å²) in [5.74, 6) is 0. The van der Waals surface area contributed by atoms with Gasteiger partial charge in [-0.2, -0.15) is 0 Å². The molecular weight excluding hydrogens is 208 g/mol. The number of nitrogens with zero attached hydrogens (tertiary/aromatic N) is 1. The molecule has 1 aliphatic heterocycles. The lowest BCUT2D eigenvalue weighted by molar-refractivity contribution is -0.0265. The first-order valence-corrected chi connectivity index (χ1v) is 7.46. The number of hydrogen-bond acceptors (Lipinski definition) is 2. The zero-order chi connectivity index (χ0) is 13.1. The second-order valence-electron chi connectivity index (χ2n) is 6.27. The molecule has 0 aliphatic carbocycles. The molecule has 0 radical (unpaired) electrons. The van der Waals surface area contributed by atoms with Gasteiger partial charge in [0.1, 0.15) is 0 Å². The lowest BCUT2D eigenvalue weighted by Crippen LogP contribution is -2.69. The number of nitrogens with one attached hydrogen (secondary N) is 1. The summed E-state index contributed by atoms with van der Waals surface area (Å²) in [7, 11) is 0. The highest BCUT2D eigenvalue weighted by atomic mass is 15.3. The van der Waals surface area contributed by atoms with Crippen LogP contribution in [0, 0.1) is 0 Å². The first-order valence-electron chi connectivity index (χ1n) is 7.46. The van der Waals surface area contributed by atoms with E-state index in [-0.39, 0.29) is 5.54 Å². The van der Waals surface area contributed by atoms with E-state index in [1.54, 1.807) is 0 Å². The van der Waals surface area contributed by atoms with Gasteiger partial charge in [0.15, 0.2) is 0 Å². The second kappa shape index (κ2) is 5.71. The molecule has 0 amide bonds. The second-order valence-corrected chi connectivity index (χ2v) is 6.27. The standard InChI is InChI=1S/C15H32N2/c1-7-13(8-2)17-12-14(5,6)16-11-15(17,9-3)10-4/h13,16H,7-12H2,1-6H3. The minimum atomic E-state index is 0.260. The molecule has 1 N–H and O–H groups in total. The van der Waals surface area contributed by atoms with E-state index in [4.69, 9.17) is 0 Å². The molecule has 1 saturated heterocycles. The van der Waals surface area contributed by atoms with Gasteiger partial charge in [-0.1, -0.05) is 27.7 Å². The van der Waals surface area contributed by atoms with Crippen LogP contribution in [0.25, 0.3) is 0 Å². The Morgan fingerprint density at radius 2 is 1.59 bits per heavy atom. The molecule has 102 valence electrons. The maximum absolute atomic E-state index is 3.74. The van der Waals surface area contributed by atoms with Crippen LogP contribution in [0.2, 0.25) is 0 Å². The van der Waals surface area contributed by atoms with Crippen LogP contribution in [-0.4, -0.2) is 35.1 Å². The largest absolute Gasteiger partial charge is 0.309 e. The molecule has 17 heavy (non-hydrogen) atoms. The molecule has 0 bridgehead atoms. The third-order valence-electron chi connectivity index (χ3n) is 4.77. The van der Waals surface area contributed by atoms with E-state index in [1.807, 2.05) is 0 Å². The van der Waals surface area contributed by atoms with Gasteiger partial charge in [0.05, 0.1) is 0 Å². The molecule has 0 atom stereocenters. The van der Waals surface area contributed by atoms with Crippen LogP contribution >= 0.6 is 0 Å². The predicted octanol–water partition coefficient (Wildman–Crippen LogP) is 3.42. The summed E-state index contributed by atoms with van der Waals surface area (Å²) in [6, 6.07) is 0.747. The quantitative estimate of drug-likeness (QED) is 0.792. The minimum Gasteiger partial charge on any atom is -0.309 e. The van der Waals surface area contributed by atoms with Gasteiger partial charge in [-0.3, -0.25) is 4.90 Å². The number of hydrogen-bond donors (Lipinski definition) is 1. The summed E-state index contributed by atoms with van der Waals surface area (Å²) < 4.78 is 0. The first-order chi connectivity index (χ1) is 7.94. The van der Waals surface area contributed by atoms with Crippen molar-refractivity contribution in [3.8, 4) is 0 Å². The van der Waals surface area contributed by atoms with Gasteiger partial charge >= 0.3 is 0 Å². The van der Waals surface area contributed by atoms with Crippen molar-refractivity contribution >= 4 is 0 Å². The fourth-order valence-electron chi connectivity index (χ4n) is 3.31. The zero-order valence-corrected chi connectivity index (χ0v) is 12.8. The fourth-order valence-corrected chi connectivity index (χ4v) is 3.31. The van der Waals surface area contributed by atoms with Gasteiger partial charge in [0.25, 0.3) is 0 Å². The lowest BCUT2D eigenvalue weighted by Gasteiger charge is -2.55. The molecule has 1 rings (SSSR count). The molecule has 0 aromatic rings. The highest BCUT2D eigenvalue weighted by molar-refractivity contribution is 5.02. The lowest BCUT2D eigenvalue weighted by atomic mass is 9.82. The van der Waals surface area contributed by atoms with Crippen molar-refractivity contribution < 1.29 is 0 Å². The van der Waals surface area contributed by atoms with Gasteiger partial charge in [0.2, 0.25) is 0 Å². The van der Waals surface area contributed by atoms with Gasteiger partial charge in [0, 0.05) is 30.2 Å². The Kier molecular flexibility index (Phi) is 5.03. The van der Waals surface area contributed by atoms with Gasteiger partial charge in [-0.15, -0.1) is 0 Å². The third-order valence-corrected chi connectivity index (χ3v) is 4.77. The average molecular weight is 240 g/mol. The van der Waals surface area contributed by atoms with Crippen LogP contribution in [0.4, 0.5) is 0 Å². The number of rotatable bonds is 5. The van der Waals surface area contributed by atoms with Crippen molar-refractivity contribution in [3.05, 3.63) is 0 Å². The SMILES string of the molecule is CCC(CC)N1CC(C)(C)NCC1(CC)CC. The molecule has 1 fully saturated rings. The van der Waals surface area contributed by atoms with Gasteiger partial charge in [-0.05, 0) is 39.5 Å². The molecule has 2 nitrogen and oxygen atoms in total. The Labute approximate surface area is 108 Å². The summed E-state index contributed by atoms with van der Waals surface area (Å²) in [5, 5.41) is 3.74. The zero-order valence-electron chi connectivity index (χ0n) is 12.8. The van der Waals surface area contributed by atoms with E-state index < -0.39 is 0 Å². The predicted molar refractivity (Wildman–Crippen MR) is 76.5 cm³/mol. The molecule has 1 heterocycles. The van der Waals surface area contributed by atoms with Crippen LogP contribution in [0.5, 0.6) is 0 Å². The Morgan fingerprint density at radius 3 is 2.00 bits per heavy atom. The van der Waals surface area contributed by atoms with E-state index in [1.165, 1.54) is 32.2 Å². The molecular formula is C15H32N2. The summed E-state index contributed by atoms with van der Waals surface area (Å²) in [5.41, 5.74) is 0.642. The van der Waals surface area contributed by atoms with E-state index in [9.17, 15) is 0 Å². The Hall–Kier alpha value is -0.0800. The van der Waals surface area contributed by atoms with Crippen LogP contribution in [0.3, 0.4) is 0 Å². The van der Waals surface area contributed by atoms with Crippen LogP contribution in [-0.2, 0) is 0 Å². The van der Waals surface area contributed by atoms with Crippen molar-refractivity contribution in [1.82, 2.24) is 10.2 Å². The Morgan fingerprint density at radius 1 is 1.06 bits per heavy atom. The summed E-state index contributed by atoms with van der Waals surface area (Å²) in [6.07, 6.45) is 5.05. The third kappa shape index (κ3) is 3.03. The maximum atomic E-state index is 3.74. The minimum absolute atomic E-state index is 0.260. The van der Waals surface area contributed by atoms with Crippen molar-refractivity contribution in [3.63, 3.8) is 0 Å². The monoisotopic (exact) mass is 240 g/mol. The molecule has 1 aliphatic rings. The molecule has 0 unspecified atom stereocenters. The van der Waals surface area contributed by atoms with E-state index in [0.29, 0.717) is 5.54 Å². The van der Waals surface area contributed by atoms with Crippen molar-refractivity contribution in [2.75, 3.05) is 13.1 Å². The highest BCUT2D eigenvalue weighted by Crippen LogP contribution is 2.33.